The SMILES string of the molecule is C=CC(=O)OC(COCC1(CC)COC1)COc1ccc(C(C)(C)c2ccc(OCC(COCC3(CC)COC3)OC(=O)C=C)cc2)cc1. The largest absolute Gasteiger partial charge is 0.490 e. The van der Waals surface area contributed by atoms with Crippen molar-refractivity contribution in [1.82, 2.24) is 0 Å². The molecule has 10 nitrogen and oxygen atoms in total. The molecule has 0 spiro atoms. The summed E-state index contributed by atoms with van der Waals surface area (Å²) in [6, 6.07) is 15.7. The van der Waals surface area contributed by atoms with E-state index in [0.29, 0.717) is 51.1 Å². The number of esters is 2. The van der Waals surface area contributed by atoms with Crippen LogP contribution in [0.25, 0.3) is 0 Å². The molecule has 2 unspecified atom stereocenters. The molecule has 4 rings (SSSR count). The molecule has 2 fully saturated rings. The Kier molecular flexibility index (Phi) is 13.8. The van der Waals surface area contributed by atoms with E-state index in [9.17, 15) is 9.59 Å². The first-order chi connectivity index (χ1) is 23.6. The predicted molar refractivity (Wildman–Crippen MR) is 185 cm³/mol. The fourth-order valence-corrected chi connectivity index (χ4v) is 5.51. The highest BCUT2D eigenvalue weighted by Gasteiger charge is 2.38. The molecule has 0 bridgehead atoms. The van der Waals surface area contributed by atoms with E-state index in [0.717, 1.165) is 36.1 Å². The molecule has 10 heteroatoms. The average molecular weight is 681 g/mol. The van der Waals surface area contributed by atoms with Gasteiger partial charge in [0.1, 0.15) is 24.7 Å². The lowest BCUT2D eigenvalue weighted by Gasteiger charge is -2.40. The third kappa shape index (κ3) is 10.6. The molecule has 2 heterocycles. The lowest BCUT2D eigenvalue weighted by atomic mass is 9.78. The molecule has 0 amide bonds. The third-order valence-electron chi connectivity index (χ3n) is 9.48. The number of carbonyl (C=O) groups is 2. The van der Waals surface area contributed by atoms with Gasteiger partial charge in [0.15, 0.2) is 12.2 Å². The van der Waals surface area contributed by atoms with Crippen LogP contribution in [0.15, 0.2) is 73.8 Å². The van der Waals surface area contributed by atoms with Gasteiger partial charge in [-0.1, -0.05) is 65.1 Å². The topological polar surface area (TPSA) is 108 Å². The van der Waals surface area contributed by atoms with Crippen LogP contribution in [0.1, 0.15) is 51.7 Å². The zero-order chi connectivity index (χ0) is 35.3. The number of carbonyl (C=O) groups excluding carboxylic acids is 2. The second-order valence-corrected chi connectivity index (χ2v) is 13.5. The van der Waals surface area contributed by atoms with Crippen LogP contribution in [0, 0.1) is 10.8 Å². The molecular weight excluding hydrogens is 628 g/mol. The van der Waals surface area contributed by atoms with E-state index in [2.05, 4.69) is 40.9 Å². The molecule has 2 aliphatic rings. The molecule has 0 aliphatic carbocycles. The normalized spacial score (nSPS) is 17.4. The molecular formula is C39H52O10. The molecule has 2 aromatic carbocycles. The maximum absolute atomic E-state index is 11.9. The van der Waals surface area contributed by atoms with Crippen LogP contribution in [0.5, 0.6) is 11.5 Å². The van der Waals surface area contributed by atoms with Crippen molar-refractivity contribution < 1.29 is 47.5 Å². The van der Waals surface area contributed by atoms with Gasteiger partial charge in [0.05, 0.1) is 52.9 Å². The average Bonchev–Trinajstić information content (AvgIpc) is 3.08. The van der Waals surface area contributed by atoms with Crippen LogP contribution in [-0.2, 0) is 43.4 Å². The van der Waals surface area contributed by atoms with Crippen LogP contribution in [0.4, 0.5) is 0 Å². The maximum atomic E-state index is 11.9. The highest BCUT2D eigenvalue weighted by molar-refractivity contribution is 5.81. The Hall–Kier alpha value is -3.70. The van der Waals surface area contributed by atoms with Gasteiger partial charge in [-0.05, 0) is 48.2 Å². The second kappa shape index (κ2) is 17.8. The molecule has 0 saturated carbocycles. The van der Waals surface area contributed by atoms with Gasteiger partial charge < -0.3 is 37.9 Å². The minimum absolute atomic E-state index is 0.0355. The molecule has 268 valence electrons. The summed E-state index contributed by atoms with van der Waals surface area (Å²) < 4.78 is 45.5. The fraction of sp³-hybridized carbons (Fsp3) is 0.538. The minimum atomic E-state index is -0.579. The Bertz CT molecular complexity index is 1240. The van der Waals surface area contributed by atoms with Gasteiger partial charge >= 0.3 is 11.9 Å². The Labute approximate surface area is 290 Å². The zero-order valence-electron chi connectivity index (χ0n) is 29.4. The first kappa shape index (κ1) is 38.1. The van der Waals surface area contributed by atoms with Crippen molar-refractivity contribution in [3.63, 3.8) is 0 Å². The molecule has 2 atom stereocenters. The van der Waals surface area contributed by atoms with Crippen LogP contribution >= 0.6 is 0 Å². The Morgan fingerprint density at radius 2 is 1.06 bits per heavy atom. The van der Waals surface area contributed by atoms with Crippen LogP contribution in [0.2, 0.25) is 0 Å². The summed E-state index contributed by atoms with van der Waals surface area (Å²) >= 11 is 0. The van der Waals surface area contributed by atoms with Gasteiger partial charge in [0.25, 0.3) is 0 Å². The third-order valence-corrected chi connectivity index (χ3v) is 9.48. The smallest absolute Gasteiger partial charge is 0.330 e. The van der Waals surface area contributed by atoms with Crippen LogP contribution < -0.4 is 9.47 Å². The van der Waals surface area contributed by atoms with Gasteiger partial charge in [-0.3, -0.25) is 0 Å². The Morgan fingerprint density at radius 1 is 0.694 bits per heavy atom. The molecule has 2 saturated heterocycles. The van der Waals surface area contributed by atoms with Crippen molar-refractivity contribution in [3.05, 3.63) is 85.0 Å². The second-order valence-electron chi connectivity index (χ2n) is 13.5. The lowest BCUT2D eigenvalue weighted by molar-refractivity contribution is -0.165. The number of ether oxygens (including phenoxy) is 8. The van der Waals surface area contributed by atoms with Gasteiger partial charge in [-0.2, -0.15) is 0 Å². The predicted octanol–water partition coefficient (Wildman–Crippen LogP) is 5.85. The Balaban J connectivity index is 1.29. The quantitative estimate of drug-likeness (QED) is 0.111. The highest BCUT2D eigenvalue weighted by Crippen LogP contribution is 2.34. The van der Waals surface area contributed by atoms with Crippen LogP contribution in [0.3, 0.4) is 0 Å². The fourth-order valence-electron chi connectivity index (χ4n) is 5.51. The van der Waals surface area contributed by atoms with Crippen molar-refractivity contribution in [2.75, 3.05) is 66.1 Å². The van der Waals surface area contributed by atoms with E-state index in [1.54, 1.807) is 0 Å². The summed E-state index contributed by atoms with van der Waals surface area (Å²) in [5, 5.41) is 0. The minimum Gasteiger partial charge on any atom is -0.490 e. The number of hydrogen-bond donors (Lipinski definition) is 0. The summed E-state index contributed by atoms with van der Waals surface area (Å²) in [7, 11) is 0. The van der Waals surface area contributed by atoms with Crippen molar-refractivity contribution in [2.24, 2.45) is 10.8 Å². The van der Waals surface area contributed by atoms with Gasteiger partial charge in [-0.15, -0.1) is 0 Å². The van der Waals surface area contributed by atoms with E-state index >= 15 is 0 Å². The summed E-state index contributed by atoms with van der Waals surface area (Å²) in [6.45, 7) is 20.1. The van der Waals surface area contributed by atoms with Gasteiger partial charge in [-0.25, -0.2) is 9.59 Å². The van der Waals surface area contributed by atoms with Crippen molar-refractivity contribution in [3.8, 4) is 11.5 Å². The number of rotatable bonds is 22. The van der Waals surface area contributed by atoms with E-state index < -0.39 is 24.1 Å². The lowest BCUT2D eigenvalue weighted by Crippen LogP contribution is -2.46. The standard InChI is InChI=1S/C39H52O10/c1-7-35(40)48-33(19-42-23-38(9-3)25-44-26-38)21-46-31-15-11-29(12-16-31)37(5,6)30-13-17-32(18-14-30)47-22-34(49-36(41)8-2)20-43-24-39(10-4)27-45-28-39/h7-8,11-18,33-34H,1-2,9-10,19-28H2,3-6H3. The maximum Gasteiger partial charge on any atom is 0.330 e. The summed E-state index contributed by atoms with van der Waals surface area (Å²) in [4.78, 5) is 23.8. The number of hydrogen-bond acceptors (Lipinski definition) is 10. The monoisotopic (exact) mass is 680 g/mol. The van der Waals surface area contributed by atoms with E-state index in [1.165, 1.54) is 0 Å². The summed E-state index contributed by atoms with van der Waals surface area (Å²) in [6.07, 6.45) is 3.04. The van der Waals surface area contributed by atoms with Gasteiger partial charge in [0, 0.05) is 28.4 Å². The van der Waals surface area contributed by atoms with E-state index in [4.69, 9.17) is 37.9 Å². The van der Waals surface area contributed by atoms with Crippen molar-refractivity contribution >= 4 is 11.9 Å². The summed E-state index contributed by atoms with van der Waals surface area (Å²) in [5.41, 5.74) is 1.94. The van der Waals surface area contributed by atoms with Gasteiger partial charge in [0.2, 0.25) is 0 Å². The molecule has 2 aromatic rings. The molecule has 2 aliphatic heterocycles. The summed E-state index contributed by atoms with van der Waals surface area (Å²) in [5.74, 6) is 0.268. The molecule has 0 aromatic heterocycles. The van der Waals surface area contributed by atoms with Crippen molar-refractivity contribution in [2.45, 2.75) is 58.2 Å². The Morgan fingerprint density at radius 3 is 1.35 bits per heavy atom. The molecule has 0 N–H and O–H groups in total. The highest BCUT2D eigenvalue weighted by atomic mass is 16.6. The zero-order valence-corrected chi connectivity index (χ0v) is 29.4. The number of benzene rings is 2. The first-order valence-electron chi connectivity index (χ1n) is 17.0. The van der Waals surface area contributed by atoms with E-state index in [1.807, 2.05) is 48.5 Å². The van der Waals surface area contributed by atoms with Crippen molar-refractivity contribution in [1.29, 1.82) is 0 Å². The van der Waals surface area contributed by atoms with Crippen LogP contribution in [-0.4, -0.2) is 90.2 Å². The molecule has 0 radical (unpaired) electrons. The first-order valence-corrected chi connectivity index (χ1v) is 17.0. The molecule has 49 heavy (non-hydrogen) atoms. The van der Waals surface area contributed by atoms with E-state index in [-0.39, 0.29) is 42.7 Å².